The number of hydrogen-bond acceptors (Lipinski definition) is 5. The first-order valence-electron chi connectivity index (χ1n) is 6.48. The van der Waals surface area contributed by atoms with Crippen LogP contribution in [0.2, 0.25) is 0 Å². The lowest BCUT2D eigenvalue weighted by Crippen LogP contribution is -2.19. The molecule has 0 fully saturated rings. The molecule has 0 aliphatic carbocycles. The predicted octanol–water partition coefficient (Wildman–Crippen LogP) is 1.18. The summed E-state index contributed by atoms with van der Waals surface area (Å²) in [4.78, 5) is 39.9. The summed E-state index contributed by atoms with van der Waals surface area (Å²) >= 11 is 0. The van der Waals surface area contributed by atoms with Crippen molar-refractivity contribution in [2.75, 3.05) is 0 Å². The highest BCUT2D eigenvalue weighted by Crippen LogP contribution is 2.14. The van der Waals surface area contributed by atoms with Crippen molar-refractivity contribution in [3.05, 3.63) is 57.8 Å². The highest BCUT2D eigenvalue weighted by Gasteiger charge is 2.08. The van der Waals surface area contributed by atoms with E-state index in [-0.39, 0.29) is 30.2 Å². The molecule has 0 aliphatic rings. The minimum absolute atomic E-state index is 0.00392. The van der Waals surface area contributed by atoms with Crippen molar-refractivity contribution in [3.63, 3.8) is 0 Å². The largest absolute Gasteiger partial charge is 0.486 e. The minimum Gasteiger partial charge on any atom is -0.486 e. The summed E-state index contributed by atoms with van der Waals surface area (Å²) < 4.78 is 5.46. The SMILES string of the molecule is CC(=O)c1cccc(OCc2ncc(CC(=O)O)c(=O)[nH]2)c1. The number of nitrogens with one attached hydrogen (secondary N) is 1. The first-order chi connectivity index (χ1) is 10.5. The standard InChI is InChI=1S/C15H14N2O5/c1-9(18)10-3-2-4-12(5-10)22-8-13-16-7-11(6-14(19)20)15(21)17-13/h2-5,7H,6,8H2,1H3,(H,19,20)(H,16,17,21). The molecule has 0 radical (unpaired) electrons. The van der Waals surface area contributed by atoms with Crippen LogP contribution in [-0.4, -0.2) is 26.8 Å². The first kappa shape index (κ1) is 15.4. The van der Waals surface area contributed by atoms with Crippen LogP contribution in [0.15, 0.2) is 35.3 Å². The maximum Gasteiger partial charge on any atom is 0.308 e. The number of aliphatic carboxylic acids is 1. The zero-order chi connectivity index (χ0) is 16.1. The van der Waals surface area contributed by atoms with Crippen molar-refractivity contribution >= 4 is 11.8 Å². The van der Waals surface area contributed by atoms with Crippen LogP contribution in [-0.2, 0) is 17.8 Å². The highest BCUT2D eigenvalue weighted by atomic mass is 16.5. The van der Waals surface area contributed by atoms with Gasteiger partial charge in [0.25, 0.3) is 5.56 Å². The smallest absolute Gasteiger partial charge is 0.308 e. The van der Waals surface area contributed by atoms with E-state index >= 15 is 0 Å². The van der Waals surface area contributed by atoms with Gasteiger partial charge in [0.05, 0.1) is 6.42 Å². The zero-order valence-corrected chi connectivity index (χ0v) is 11.8. The van der Waals surface area contributed by atoms with Gasteiger partial charge in [0.1, 0.15) is 18.2 Å². The molecule has 2 aromatic rings. The minimum atomic E-state index is -1.10. The van der Waals surface area contributed by atoms with E-state index in [2.05, 4.69) is 9.97 Å². The van der Waals surface area contributed by atoms with Crippen LogP contribution in [0.4, 0.5) is 0 Å². The summed E-state index contributed by atoms with van der Waals surface area (Å²) in [7, 11) is 0. The molecule has 1 aromatic carbocycles. The lowest BCUT2D eigenvalue weighted by Gasteiger charge is -2.07. The summed E-state index contributed by atoms with van der Waals surface area (Å²) in [5, 5.41) is 8.65. The van der Waals surface area contributed by atoms with Crippen LogP contribution in [0.3, 0.4) is 0 Å². The fourth-order valence-electron chi connectivity index (χ4n) is 1.78. The monoisotopic (exact) mass is 302 g/mol. The third-order valence-corrected chi connectivity index (χ3v) is 2.88. The molecule has 0 unspecified atom stereocenters. The van der Waals surface area contributed by atoms with E-state index in [1.165, 1.54) is 13.1 Å². The summed E-state index contributed by atoms with van der Waals surface area (Å²) in [6.45, 7) is 1.46. The molecule has 2 rings (SSSR count). The Labute approximate surface area is 125 Å². The van der Waals surface area contributed by atoms with Crippen molar-refractivity contribution in [1.82, 2.24) is 9.97 Å². The molecule has 0 saturated heterocycles. The van der Waals surface area contributed by atoms with E-state index in [9.17, 15) is 14.4 Å². The molecular formula is C15H14N2O5. The van der Waals surface area contributed by atoms with Gasteiger partial charge in [-0.05, 0) is 19.1 Å². The van der Waals surface area contributed by atoms with Gasteiger partial charge in [-0.3, -0.25) is 14.4 Å². The second-order valence-electron chi connectivity index (χ2n) is 4.63. The van der Waals surface area contributed by atoms with Gasteiger partial charge in [-0.2, -0.15) is 0 Å². The number of carbonyl (C=O) groups excluding carboxylic acids is 1. The van der Waals surface area contributed by atoms with Crippen LogP contribution >= 0.6 is 0 Å². The van der Waals surface area contributed by atoms with Crippen LogP contribution in [0.1, 0.15) is 28.7 Å². The Balaban J connectivity index is 2.07. The lowest BCUT2D eigenvalue weighted by atomic mass is 10.1. The van der Waals surface area contributed by atoms with Gasteiger partial charge in [-0.25, -0.2) is 4.98 Å². The fraction of sp³-hybridized carbons (Fsp3) is 0.200. The van der Waals surface area contributed by atoms with Crippen molar-refractivity contribution in [2.45, 2.75) is 20.0 Å². The molecule has 0 spiro atoms. The predicted molar refractivity (Wildman–Crippen MR) is 77.0 cm³/mol. The summed E-state index contributed by atoms with van der Waals surface area (Å²) in [6, 6.07) is 6.65. The molecule has 22 heavy (non-hydrogen) atoms. The molecule has 0 bridgehead atoms. The van der Waals surface area contributed by atoms with Gasteiger partial charge in [0.15, 0.2) is 5.78 Å². The number of hydrogen-bond donors (Lipinski definition) is 2. The number of benzene rings is 1. The molecule has 0 amide bonds. The van der Waals surface area contributed by atoms with E-state index < -0.39 is 11.5 Å². The summed E-state index contributed by atoms with van der Waals surface area (Å²) in [5.74, 6) is -0.426. The summed E-state index contributed by atoms with van der Waals surface area (Å²) in [5.41, 5.74) is 0.0964. The van der Waals surface area contributed by atoms with Gasteiger partial charge >= 0.3 is 5.97 Å². The van der Waals surface area contributed by atoms with Gasteiger partial charge in [0, 0.05) is 17.3 Å². The van der Waals surface area contributed by atoms with Crippen LogP contribution in [0.25, 0.3) is 0 Å². The van der Waals surface area contributed by atoms with Crippen molar-refractivity contribution in [2.24, 2.45) is 0 Å². The number of carboxylic acid groups (broad SMARTS) is 1. The van der Waals surface area contributed by atoms with Crippen molar-refractivity contribution in [1.29, 1.82) is 0 Å². The Hall–Kier alpha value is -2.96. The van der Waals surface area contributed by atoms with Crippen LogP contribution < -0.4 is 10.3 Å². The van der Waals surface area contributed by atoms with E-state index in [0.29, 0.717) is 11.3 Å². The van der Waals surface area contributed by atoms with E-state index in [4.69, 9.17) is 9.84 Å². The molecular weight excluding hydrogens is 288 g/mol. The highest BCUT2D eigenvalue weighted by molar-refractivity contribution is 5.94. The fourth-order valence-corrected chi connectivity index (χ4v) is 1.78. The molecule has 7 heteroatoms. The normalized spacial score (nSPS) is 10.2. The quantitative estimate of drug-likeness (QED) is 0.775. The second-order valence-corrected chi connectivity index (χ2v) is 4.63. The number of aromatic amines is 1. The molecule has 7 nitrogen and oxygen atoms in total. The number of H-pyrrole nitrogens is 1. The first-order valence-corrected chi connectivity index (χ1v) is 6.48. The van der Waals surface area contributed by atoms with Crippen molar-refractivity contribution in [3.8, 4) is 5.75 Å². The van der Waals surface area contributed by atoms with E-state index in [1.54, 1.807) is 24.3 Å². The molecule has 0 atom stereocenters. The molecule has 0 aliphatic heterocycles. The summed E-state index contributed by atoms with van der Waals surface area (Å²) in [6.07, 6.45) is 0.835. The number of ketones is 1. The van der Waals surface area contributed by atoms with Crippen LogP contribution in [0, 0.1) is 0 Å². The maximum absolute atomic E-state index is 11.7. The number of rotatable bonds is 6. The Bertz CT molecular complexity index is 767. The van der Waals surface area contributed by atoms with Gasteiger partial charge in [-0.1, -0.05) is 12.1 Å². The van der Waals surface area contributed by atoms with Crippen LogP contribution in [0.5, 0.6) is 5.75 Å². The number of carboxylic acids is 1. The molecule has 114 valence electrons. The number of carbonyl (C=O) groups is 2. The van der Waals surface area contributed by atoms with Gasteiger partial charge in [-0.15, -0.1) is 0 Å². The molecule has 0 saturated carbocycles. The molecule has 2 N–H and O–H groups in total. The Morgan fingerprint density at radius 2 is 2.14 bits per heavy atom. The second kappa shape index (κ2) is 6.66. The number of nitrogens with zero attached hydrogens (tertiary/aromatic N) is 1. The van der Waals surface area contributed by atoms with E-state index in [0.717, 1.165) is 0 Å². The Morgan fingerprint density at radius 1 is 1.36 bits per heavy atom. The lowest BCUT2D eigenvalue weighted by molar-refractivity contribution is -0.136. The average molecular weight is 302 g/mol. The van der Waals surface area contributed by atoms with E-state index in [1.807, 2.05) is 0 Å². The van der Waals surface area contributed by atoms with Gasteiger partial charge < -0.3 is 14.8 Å². The number of aromatic nitrogens is 2. The molecule has 1 heterocycles. The maximum atomic E-state index is 11.7. The number of Topliss-reactive ketones (excluding diaryl/α,β-unsaturated/α-hetero) is 1. The molecule has 1 aromatic heterocycles. The third kappa shape index (κ3) is 4.02. The number of ether oxygens (including phenoxy) is 1. The Kier molecular flexibility index (Phi) is 4.67. The average Bonchev–Trinajstić information content (AvgIpc) is 2.47. The Morgan fingerprint density at radius 3 is 2.77 bits per heavy atom. The third-order valence-electron chi connectivity index (χ3n) is 2.88. The zero-order valence-electron chi connectivity index (χ0n) is 11.8. The topological polar surface area (TPSA) is 109 Å². The van der Waals surface area contributed by atoms with Gasteiger partial charge in [0.2, 0.25) is 0 Å². The van der Waals surface area contributed by atoms with Crippen molar-refractivity contribution < 1.29 is 19.4 Å².